The van der Waals surface area contributed by atoms with Crippen molar-refractivity contribution >= 4 is 23.0 Å². The third-order valence-corrected chi connectivity index (χ3v) is 5.50. The number of rotatable bonds is 6. The highest BCUT2D eigenvalue weighted by molar-refractivity contribution is 5.90. The lowest BCUT2D eigenvalue weighted by atomic mass is 10.0. The summed E-state index contributed by atoms with van der Waals surface area (Å²) in [6.07, 6.45) is -2.26. The van der Waals surface area contributed by atoms with E-state index in [2.05, 4.69) is 0 Å². The van der Waals surface area contributed by atoms with Gasteiger partial charge >= 0.3 is 12.1 Å². The van der Waals surface area contributed by atoms with Gasteiger partial charge in [0, 0.05) is 12.1 Å². The smallest absolute Gasteiger partial charge is 0.450 e. The first-order chi connectivity index (χ1) is 17.6. The van der Waals surface area contributed by atoms with E-state index in [1.807, 2.05) is 31.2 Å². The number of hydrogen-bond acceptors (Lipinski definition) is 6. The molecular weight excluding hydrogens is 489 g/mol. The average molecular weight is 510 g/mol. The molecule has 3 aromatic carbocycles. The van der Waals surface area contributed by atoms with Crippen LogP contribution in [0.4, 0.5) is 13.2 Å². The minimum absolute atomic E-state index is 0.0580. The highest BCUT2D eigenvalue weighted by Gasteiger charge is 2.39. The van der Waals surface area contributed by atoms with Gasteiger partial charge in [0.2, 0.25) is 11.2 Å². The summed E-state index contributed by atoms with van der Waals surface area (Å²) >= 11 is 0. The Morgan fingerprint density at radius 2 is 1.62 bits per heavy atom. The number of ether oxygens (including phenoxy) is 3. The quantitative estimate of drug-likeness (QED) is 0.169. The predicted molar refractivity (Wildman–Crippen MR) is 132 cm³/mol. The lowest BCUT2D eigenvalue weighted by molar-refractivity contribution is -0.152. The molecule has 0 saturated carbocycles. The Kier molecular flexibility index (Phi) is 7.06. The molecule has 0 spiro atoms. The Hall–Kier alpha value is -4.53. The monoisotopic (exact) mass is 510 g/mol. The molecule has 0 aliphatic carbocycles. The van der Waals surface area contributed by atoms with Crippen LogP contribution < -0.4 is 19.6 Å². The van der Waals surface area contributed by atoms with Crippen LogP contribution in [0.1, 0.15) is 16.9 Å². The summed E-state index contributed by atoms with van der Waals surface area (Å²) in [4.78, 5) is 25.4. The number of methoxy groups -OCH3 is 2. The molecule has 37 heavy (non-hydrogen) atoms. The van der Waals surface area contributed by atoms with Crippen molar-refractivity contribution in [3.05, 3.63) is 93.9 Å². The number of esters is 1. The molecule has 4 rings (SSSR count). The highest BCUT2D eigenvalue weighted by atomic mass is 19.4. The van der Waals surface area contributed by atoms with Crippen LogP contribution in [0.15, 0.2) is 76.0 Å². The lowest BCUT2D eigenvalue weighted by Crippen LogP contribution is -2.16. The molecule has 0 fully saturated rings. The Balaban J connectivity index is 1.73. The van der Waals surface area contributed by atoms with Crippen LogP contribution in [0, 0.1) is 6.92 Å². The van der Waals surface area contributed by atoms with Crippen LogP contribution >= 0.6 is 0 Å². The molecule has 0 amide bonds. The van der Waals surface area contributed by atoms with E-state index in [1.54, 1.807) is 6.08 Å². The fourth-order valence-electron chi connectivity index (χ4n) is 3.68. The molecular formula is C28H21F3O6. The molecule has 0 atom stereocenters. The third-order valence-electron chi connectivity index (χ3n) is 5.50. The number of aryl methyl sites for hydroxylation is 1. The Bertz CT molecular complexity index is 1550. The van der Waals surface area contributed by atoms with E-state index in [4.69, 9.17) is 18.6 Å². The van der Waals surface area contributed by atoms with E-state index >= 15 is 0 Å². The van der Waals surface area contributed by atoms with Crippen LogP contribution in [0.25, 0.3) is 28.2 Å². The van der Waals surface area contributed by atoms with E-state index in [0.29, 0.717) is 0 Å². The SMILES string of the molecule is COc1ccc(-c2c(C(F)(F)F)oc3cc(OC(=O)C=Cc4ccc(C)cc4)ccc3c2=O)cc1OC. The summed E-state index contributed by atoms with van der Waals surface area (Å²) in [5.74, 6) is -1.89. The number of fused-ring (bicyclic) bond motifs is 1. The molecule has 1 heterocycles. The predicted octanol–water partition coefficient (Wildman–Crippen LogP) is 6.42. The second-order valence-corrected chi connectivity index (χ2v) is 8.03. The molecule has 0 unspecified atom stereocenters. The summed E-state index contributed by atoms with van der Waals surface area (Å²) in [6, 6.07) is 15.0. The number of benzene rings is 3. The molecule has 0 aliphatic rings. The Morgan fingerprint density at radius 1 is 0.919 bits per heavy atom. The average Bonchev–Trinajstić information content (AvgIpc) is 2.87. The minimum Gasteiger partial charge on any atom is -0.493 e. The van der Waals surface area contributed by atoms with Gasteiger partial charge in [-0.25, -0.2) is 4.79 Å². The van der Waals surface area contributed by atoms with Gasteiger partial charge in [0.05, 0.1) is 25.2 Å². The van der Waals surface area contributed by atoms with Crippen LogP contribution in [0.5, 0.6) is 17.2 Å². The second-order valence-electron chi connectivity index (χ2n) is 8.03. The molecule has 9 heteroatoms. The Morgan fingerprint density at radius 3 is 2.27 bits per heavy atom. The molecule has 0 bridgehead atoms. The summed E-state index contributed by atoms with van der Waals surface area (Å²) in [5.41, 5.74) is -0.189. The van der Waals surface area contributed by atoms with E-state index in [-0.39, 0.29) is 33.8 Å². The van der Waals surface area contributed by atoms with Crippen molar-refractivity contribution in [1.82, 2.24) is 0 Å². The van der Waals surface area contributed by atoms with Crippen molar-refractivity contribution in [2.75, 3.05) is 14.2 Å². The molecule has 0 radical (unpaired) electrons. The maximum atomic E-state index is 14.0. The standard InChI is InChI=1S/C28H21F3O6/c1-16-4-6-17(7-5-16)8-13-24(32)36-19-10-11-20-22(15-19)37-27(28(29,30)31)25(26(20)33)18-9-12-21(34-2)23(14-18)35-3/h4-15H,1-3H3. The topological polar surface area (TPSA) is 75.0 Å². The maximum Gasteiger partial charge on any atom is 0.450 e. The number of carbonyl (C=O) groups is 1. The van der Waals surface area contributed by atoms with E-state index in [1.165, 1.54) is 50.6 Å². The van der Waals surface area contributed by atoms with Crippen molar-refractivity contribution in [3.63, 3.8) is 0 Å². The normalized spacial score (nSPS) is 11.6. The largest absolute Gasteiger partial charge is 0.493 e. The van der Waals surface area contributed by atoms with Crippen LogP contribution in [0.3, 0.4) is 0 Å². The zero-order chi connectivity index (χ0) is 26.7. The zero-order valence-corrected chi connectivity index (χ0v) is 20.0. The number of halogens is 3. The first-order valence-corrected chi connectivity index (χ1v) is 11.0. The van der Waals surface area contributed by atoms with Gasteiger partial charge in [0.15, 0.2) is 11.5 Å². The van der Waals surface area contributed by atoms with Crippen LogP contribution in [-0.2, 0) is 11.0 Å². The van der Waals surface area contributed by atoms with E-state index in [9.17, 15) is 22.8 Å². The van der Waals surface area contributed by atoms with Crippen LogP contribution in [-0.4, -0.2) is 20.2 Å². The summed E-state index contributed by atoms with van der Waals surface area (Å²) in [5, 5.41) is -0.118. The molecule has 4 aromatic rings. The van der Waals surface area contributed by atoms with Gasteiger partial charge in [-0.2, -0.15) is 13.2 Å². The minimum atomic E-state index is -4.99. The lowest BCUT2D eigenvalue weighted by Gasteiger charge is -2.14. The summed E-state index contributed by atoms with van der Waals surface area (Å²) in [7, 11) is 2.71. The molecule has 0 saturated heterocycles. The van der Waals surface area contributed by atoms with Gasteiger partial charge in [0.25, 0.3) is 0 Å². The van der Waals surface area contributed by atoms with Gasteiger partial charge in [-0.3, -0.25) is 4.79 Å². The number of alkyl halides is 3. The van der Waals surface area contributed by atoms with Crippen molar-refractivity contribution in [1.29, 1.82) is 0 Å². The van der Waals surface area contributed by atoms with Crippen molar-refractivity contribution in [2.24, 2.45) is 0 Å². The summed E-state index contributed by atoms with van der Waals surface area (Å²) in [6.45, 7) is 1.93. The van der Waals surface area contributed by atoms with Gasteiger partial charge in [-0.05, 0) is 48.4 Å². The first-order valence-electron chi connectivity index (χ1n) is 11.0. The number of carbonyl (C=O) groups excluding carboxylic acids is 1. The maximum absolute atomic E-state index is 14.0. The van der Waals surface area contributed by atoms with Crippen molar-refractivity contribution < 1.29 is 36.6 Å². The van der Waals surface area contributed by atoms with Gasteiger partial charge in [0.1, 0.15) is 11.3 Å². The third kappa shape index (κ3) is 5.50. The molecule has 1 aromatic heterocycles. The molecule has 0 N–H and O–H groups in total. The van der Waals surface area contributed by atoms with Crippen molar-refractivity contribution in [3.8, 4) is 28.4 Å². The van der Waals surface area contributed by atoms with Crippen molar-refractivity contribution in [2.45, 2.75) is 13.1 Å². The second kappa shape index (κ2) is 10.2. The fourth-order valence-corrected chi connectivity index (χ4v) is 3.68. The molecule has 190 valence electrons. The van der Waals surface area contributed by atoms with Crippen LogP contribution in [0.2, 0.25) is 0 Å². The highest BCUT2D eigenvalue weighted by Crippen LogP contribution is 2.40. The van der Waals surface area contributed by atoms with E-state index in [0.717, 1.165) is 17.2 Å². The van der Waals surface area contributed by atoms with E-state index < -0.39 is 28.9 Å². The number of hydrogen-bond donors (Lipinski definition) is 0. The molecule has 6 nitrogen and oxygen atoms in total. The van der Waals surface area contributed by atoms with Gasteiger partial charge in [-0.15, -0.1) is 0 Å². The Labute approximate surface area is 209 Å². The molecule has 0 aliphatic heterocycles. The van der Waals surface area contributed by atoms with Gasteiger partial charge < -0.3 is 18.6 Å². The summed E-state index contributed by atoms with van der Waals surface area (Å²) < 4.78 is 62.6. The fraction of sp³-hybridized carbons (Fsp3) is 0.143. The van der Waals surface area contributed by atoms with Gasteiger partial charge in [-0.1, -0.05) is 35.9 Å². The first kappa shape index (κ1) is 25.6. The zero-order valence-electron chi connectivity index (χ0n) is 20.0.